The van der Waals surface area contributed by atoms with Crippen LogP contribution in [0.3, 0.4) is 0 Å². The molecule has 92 valence electrons. The summed E-state index contributed by atoms with van der Waals surface area (Å²) in [5, 5.41) is 6.73. The number of hydrogen-bond acceptors (Lipinski definition) is 3. The molecule has 16 heavy (non-hydrogen) atoms. The van der Waals surface area contributed by atoms with Crippen LogP contribution in [-0.4, -0.2) is 36.0 Å². The van der Waals surface area contributed by atoms with Gasteiger partial charge in [0.1, 0.15) is 0 Å². The lowest BCUT2D eigenvalue weighted by Gasteiger charge is -2.20. The van der Waals surface area contributed by atoms with Crippen LogP contribution in [0.25, 0.3) is 0 Å². The molecule has 1 aliphatic heterocycles. The number of rotatable bonds is 6. The van der Waals surface area contributed by atoms with Gasteiger partial charge in [-0.3, -0.25) is 4.79 Å². The number of amides is 1. The van der Waals surface area contributed by atoms with Crippen molar-refractivity contribution in [3.63, 3.8) is 0 Å². The smallest absolute Gasteiger partial charge is 0.233 e. The summed E-state index contributed by atoms with van der Waals surface area (Å²) in [5.74, 6) is 1.41. The van der Waals surface area contributed by atoms with Crippen LogP contribution in [0.2, 0.25) is 0 Å². The van der Waals surface area contributed by atoms with Gasteiger partial charge in [-0.15, -0.1) is 11.8 Å². The maximum atomic E-state index is 11.8. The summed E-state index contributed by atoms with van der Waals surface area (Å²) in [7, 11) is 0. The third-order valence-electron chi connectivity index (χ3n) is 3.14. The van der Waals surface area contributed by atoms with Crippen molar-refractivity contribution in [1.29, 1.82) is 0 Å². The largest absolute Gasteiger partial charge is 0.355 e. The van der Waals surface area contributed by atoms with Crippen LogP contribution in [0.4, 0.5) is 0 Å². The standard InChI is InChI=1S/C12H22N2OS/c15-12(11-4-1-2-9-16-11)14-8-3-7-13-10-5-6-10/h10-11,13H,1-9H2,(H,14,15). The molecular formula is C12H22N2OS. The molecule has 1 unspecified atom stereocenters. The lowest BCUT2D eigenvalue weighted by atomic mass is 10.2. The van der Waals surface area contributed by atoms with Gasteiger partial charge in [0.25, 0.3) is 0 Å². The molecule has 0 aromatic heterocycles. The number of hydrogen-bond donors (Lipinski definition) is 2. The zero-order valence-electron chi connectivity index (χ0n) is 9.84. The average Bonchev–Trinajstić information content (AvgIpc) is 3.13. The minimum atomic E-state index is 0.227. The van der Waals surface area contributed by atoms with Gasteiger partial charge in [-0.2, -0.15) is 0 Å². The van der Waals surface area contributed by atoms with E-state index in [1.807, 2.05) is 11.8 Å². The average molecular weight is 242 g/mol. The maximum Gasteiger partial charge on any atom is 0.233 e. The van der Waals surface area contributed by atoms with Gasteiger partial charge in [0.15, 0.2) is 0 Å². The Balaban J connectivity index is 1.48. The maximum absolute atomic E-state index is 11.8. The highest BCUT2D eigenvalue weighted by Crippen LogP contribution is 2.24. The van der Waals surface area contributed by atoms with Gasteiger partial charge in [-0.25, -0.2) is 0 Å². The fourth-order valence-corrected chi connectivity index (χ4v) is 3.18. The third kappa shape index (κ3) is 4.34. The lowest BCUT2D eigenvalue weighted by Crippen LogP contribution is -2.35. The summed E-state index contributed by atoms with van der Waals surface area (Å²) in [6, 6.07) is 0.782. The molecule has 4 heteroatoms. The summed E-state index contributed by atoms with van der Waals surface area (Å²) in [5.41, 5.74) is 0. The minimum absolute atomic E-state index is 0.227. The molecule has 1 saturated heterocycles. The Morgan fingerprint density at radius 3 is 2.75 bits per heavy atom. The van der Waals surface area contributed by atoms with E-state index in [4.69, 9.17) is 0 Å². The predicted octanol–water partition coefficient (Wildman–Crippen LogP) is 1.53. The molecular weight excluding hydrogens is 220 g/mol. The molecule has 0 spiro atoms. The van der Waals surface area contributed by atoms with Crippen LogP contribution in [0.5, 0.6) is 0 Å². The van der Waals surface area contributed by atoms with Crippen molar-refractivity contribution in [2.24, 2.45) is 0 Å². The number of carbonyl (C=O) groups is 1. The van der Waals surface area contributed by atoms with Gasteiger partial charge in [-0.1, -0.05) is 6.42 Å². The molecule has 2 aliphatic rings. The van der Waals surface area contributed by atoms with Crippen molar-refractivity contribution >= 4 is 17.7 Å². The van der Waals surface area contributed by atoms with Crippen LogP contribution in [0, 0.1) is 0 Å². The van der Waals surface area contributed by atoms with Crippen LogP contribution in [0.1, 0.15) is 38.5 Å². The van der Waals surface area contributed by atoms with E-state index in [0.29, 0.717) is 0 Å². The van der Waals surface area contributed by atoms with E-state index in [1.165, 1.54) is 25.7 Å². The first-order valence-electron chi connectivity index (χ1n) is 6.49. The number of nitrogens with one attached hydrogen (secondary N) is 2. The van der Waals surface area contributed by atoms with E-state index in [0.717, 1.165) is 37.7 Å². The molecule has 1 heterocycles. The second-order valence-corrected chi connectivity index (χ2v) is 6.04. The Morgan fingerprint density at radius 2 is 2.06 bits per heavy atom. The molecule has 1 saturated carbocycles. The molecule has 0 aromatic rings. The van der Waals surface area contributed by atoms with Gasteiger partial charge in [0, 0.05) is 12.6 Å². The zero-order valence-corrected chi connectivity index (χ0v) is 10.7. The van der Waals surface area contributed by atoms with E-state index in [1.54, 1.807) is 0 Å². The van der Waals surface area contributed by atoms with Crippen molar-refractivity contribution in [2.45, 2.75) is 49.8 Å². The van der Waals surface area contributed by atoms with E-state index in [2.05, 4.69) is 10.6 Å². The molecule has 2 fully saturated rings. The van der Waals surface area contributed by atoms with Crippen molar-refractivity contribution in [2.75, 3.05) is 18.8 Å². The van der Waals surface area contributed by atoms with Gasteiger partial charge in [0.2, 0.25) is 5.91 Å². The summed E-state index contributed by atoms with van der Waals surface area (Å²) >= 11 is 1.82. The van der Waals surface area contributed by atoms with Crippen LogP contribution < -0.4 is 10.6 Å². The fourth-order valence-electron chi connectivity index (χ4n) is 1.95. The quantitative estimate of drug-likeness (QED) is 0.694. The molecule has 1 amide bonds. The normalized spacial score (nSPS) is 25.4. The van der Waals surface area contributed by atoms with Crippen molar-refractivity contribution < 1.29 is 4.79 Å². The number of carbonyl (C=O) groups excluding carboxylic acids is 1. The molecule has 0 aromatic carbocycles. The van der Waals surface area contributed by atoms with Crippen LogP contribution >= 0.6 is 11.8 Å². The Kier molecular flexibility index (Phi) is 4.97. The van der Waals surface area contributed by atoms with Gasteiger partial charge >= 0.3 is 0 Å². The van der Waals surface area contributed by atoms with Crippen molar-refractivity contribution in [3.8, 4) is 0 Å². The Labute approximate surface area is 102 Å². The Morgan fingerprint density at radius 1 is 1.19 bits per heavy atom. The first-order valence-corrected chi connectivity index (χ1v) is 7.54. The fraction of sp³-hybridized carbons (Fsp3) is 0.917. The van der Waals surface area contributed by atoms with Crippen molar-refractivity contribution in [1.82, 2.24) is 10.6 Å². The molecule has 0 bridgehead atoms. The highest BCUT2D eigenvalue weighted by atomic mass is 32.2. The monoisotopic (exact) mass is 242 g/mol. The van der Waals surface area contributed by atoms with E-state index in [9.17, 15) is 4.79 Å². The van der Waals surface area contributed by atoms with Gasteiger partial charge in [0.05, 0.1) is 5.25 Å². The van der Waals surface area contributed by atoms with Crippen LogP contribution in [0.15, 0.2) is 0 Å². The summed E-state index contributed by atoms with van der Waals surface area (Å²) in [6.07, 6.45) is 7.29. The molecule has 2 N–H and O–H groups in total. The molecule has 2 rings (SSSR count). The summed E-state index contributed by atoms with van der Waals surface area (Å²) in [6.45, 7) is 1.87. The van der Waals surface area contributed by atoms with E-state index >= 15 is 0 Å². The second kappa shape index (κ2) is 6.50. The summed E-state index contributed by atoms with van der Waals surface area (Å²) in [4.78, 5) is 11.8. The lowest BCUT2D eigenvalue weighted by molar-refractivity contribution is -0.120. The van der Waals surface area contributed by atoms with Crippen molar-refractivity contribution in [3.05, 3.63) is 0 Å². The highest BCUT2D eigenvalue weighted by Gasteiger charge is 2.21. The van der Waals surface area contributed by atoms with Crippen LogP contribution in [-0.2, 0) is 4.79 Å². The second-order valence-electron chi connectivity index (χ2n) is 4.73. The van der Waals surface area contributed by atoms with Gasteiger partial charge < -0.3 is 10.6 Å². The third-order valence-corrected chi connectivity index (χ3v) is 4.51. The zero-order chi connectivity index (χ0) is 11.2. The van der Waals surface area contributed by atoms with Gasteiger partial charge in [-0.05, 0) is 44.4 Å². The number of thioether (sulfide) groups is 1. The SMILES string of the molecule is O=C(NCCCNC1CC1)C1CCCCS1. The molecule has 0 radical (unpaired) electrons. The minimum Gasteiger partial charge on any atom is -0.355 e. The van der Waals surface area contributed by atoms with E-state index in [-0.39, 0.29) is 11.2 Å². The topological polar surface area (TPSA) is 41.1 Å². The molecule has 3 nitrogen and oxygen atoms in total. The first kappa shape index (κ1) is 12.2. The van der Waals surface area contributed by atoms with E-state index < -0.39 is 0 Å². The predicted molar refractivity (Wildman–Crippen MR) is 68.7 cm³/mol. The first-order chi connectivity index (χ1) is 7.86. The molecule has 1 atom stereocenters. The molecule has 1 aliphatic carbocycles. The highest BCUT2D eigenvalue weighted by molar-refractivity contribution is 8.00. The Hall–Kier alpha value is -0.220. The Bertz CT molecular complexity index is 225. The summed E-state index contributed by atoms with van der Waals surface area (Å²) < 4.78 is 0.